The van der Waals surface area contributed by atoms with Crippen LogP contribution in [0.3, 0.4) is 0 Å². The van der Waals surface area contributed by atoms with E-state index in [9.17, 15) is 4.79 Å². The Kier molecular flexibility index (Phi) is 2.40. The Hall–Kier alpha value is -1.00. The fourth-order valence-corrected chi connectivity index (χ4v) is 1.10. The lowest BCUT2D eigenvalue weighted by atomic mass is 10.3. The van der Waals surface area contributed by atoms with Crippen LogP contribution in [0.5, 0.6) is 0 Å². The summed E-state index contributed by atoms with van der Waals surface area (Å²) in [6, 6.07) is 1.28. The van der Waals surface area contributed by atoms with Gasteiger partial charge in [-0.15, -0.1) is 0 Å². The van der Waals surface area contributed by atoms with E-state index in [0.29, 0.717) is 0 Å². The van der Waals surface area contributed by atoms with Gasteiger partial charge in [0.1, 0.15) is 5.15 Å². The number of nitrogens with two attached hydrogens (primary N) is 1. The molecule has 0 radical (unpaired) electrons. The Morgan fingerprint density at radius 1 is 1.58 bits per heavy atom. The van der Waals surface area contributed by atoms with E-state index < -0.39 is 5.97 Å². The summed E-state index contributed by atoms with van der Waals surface area (Å²) in [4.78, 5) is 14.0. The molecule has 0 saturated carbocycles. The molecule has 3 N–H and O–H groups in total. The number of carboxylic acid groups (broad SMARTS) is 1. The van der Waals surface area contributed by atoms with E-state index >= 15 is 0 Å². The molecule has 12 heavy (non-hydrogen) atoms. The highest BCUT2D eigenvalue weighted by Crippen LogP contribution is 2.24. The van der Waals surface area contributed by atoms with E-state index in [1.807, 2.05) is 0 Å². The van der Waals surface area contributed by atoms with Gasteiger partial charge in [0.05, 0.1) is 10.7 Å². The summed E-state index contributed by atoms with van der Waals surface area (Å²) < 4.78 is 0. The first-order valence-electron chi connectivity index (χ1n) is 2.87. The first-order chi connectivity index (χ1) is 5.52. The second kappa shape index (κ2) is 3.16. The number of aromatic carboxylic acids is 1. The van der Waals surface area contributed by atoms with Crippen LogP contribution in [0, 0.1) is 0 Å². The van der Waals surface area contributed by atoms with Crippen LogP contribution in [0.1, 0.15) is 10.5 Å². The standard InChI is InChI=1S/C6H4Cl2N2O2/c7-2-1-3(8)10-5(4(2)9)6(11)12/h1H,9H2,(H,11,12). The van der Waals surface area contributed by atoms with Crippen LogP contribution in [-0.4, -0.2) is 16.1 Å². The minimum atomic E-state index is -1.25. The molecule has 0 aliphatic carbocycles. The van der Waals surface area contributed by atoms with Crippen LogP contribution in [0.2, 0.25) is 10.2 Å². The van der Waals surface area contributed by atoms with Gasteiger partial charge in [-0.3, -0.25) is 0 Å². The molecular formula is C6H4Cl2N2O2. The van der Waals surface area contributed by atoms with E-state index in [2.05, 4.69) is 4.98 Å². The highest BCUT2D eigenvalue weighted by molar-refractivity contribution is 6.36. The minimum Gasteiger partial charge on any atom is -0.476 e. The fourth-order valence-electron chi connectivity index (χ4n) is 0.658. The fraction of sp³-hybridized carbons (Fsp3) is 0. The number of carbonyl (C=O) groups is 1. The zero-order valence-electron chi connectivity index (χ0n) is 5.71. The maximum atomic E-state index is 10.5. The lowest BCUT2D eigenvalue weighted by Crippen LogP contribution is -2.06. The lowest BCUT2D eigenvalue weighted by molar-refractivity contribution is 0.0692. The number of aromatic nitrogens is 1. The van der Waals surface area contributed by atoms with Gasteiger partial charge in [-0.2, -0.15) is 0 Å². The van der Waals surface area contributed by atoms with E-state index in [1.54, 1.807) is 0 Å². The number of hydrogen-bond donors (Lipinski definition) is 2. The van der Waals surface area contributed by atoms with Crippen LogP contribution >= 0.6 is 23.2 Å². The molecule has 0 unspecified atom stereocenters. The molecule has 0 atom stereocenters. The van der Waals surface area contributed by atoms with Crippen molar-refractivity contribution in [3.05, 3.63) is 21.9 Å². The molecule has 1 aromatic heterocycles. The van der Waals surface area contributed by atoms with Gasteiger partial charge in [0.25, 0.3) is 0 Å². The third-order valence-corrected chi connectivity index (χ3v) is 1.69. The van der Waals surface area contributed by atoms with Gasteiger partial charge < -0.3 is 10.8 Å². The highest BCUT2D eigenvalue weighted by atomic mass is 35.5. The third-order valence-electron chi connectivity index (χ3n) is 1.18. The number of anilines is 1. The Balaban J connectivity index is 3.37. The van der Waals surface area contributed by atoms with Gasteiger partial charge in [-0.25, -0.2) is 9.78 Å². The average molecular weight is 207 g/mol. The van der Waals surface area contributed by atoms with E-state index in [-0.39, 0.29) is 21.6 Å². The van der Waals surface area contributed by atoms with Crippen molar-refractivity contribution in [2.75, 3.05) is 5.73 Å². The number of hydrogen-bond acceptors (Lipinski definition) is 3. The summed E-state index contributed by atoms with van der Waals surface area (Å²) in [5.74, 6) is -1.25. The lowest BCUT2D eigenvalue weighted by Gasteiger charge is -2.01. The maximum Gasteiger partial charge on any atom is 0.356 e. The molecule has 0 aromatic carbocycles. The molecule has 0 fully saturated rings. The van der Waals surface area contributed by atoms with Crippen molar-refractivity contribution < 1.29 is 9.90 Å². The number of nitrogens with zero attached hydrogens (tertiary/aromatic N) is 1. The molecule has 6 heteroatoms. The number of rotatable bonds is 1. The summed E-state index contributed by atoms with van der Waals surface area (Å²) in [6.07, 6.45) is 0. The quantitative estimate of drug-likeness (QED) is 0.686. The van der Waals surface area contributed by atoms with Crippen molar-refractivity contribution in [2.24, 2.45) is 0 Å². The summed E-state index contributed by atoms with van der Waals surface area (Å²) >= 11 is 11.0. The zero-order chi connectivity index (χ0) is 9.30. The van der Waals surface area contributed by atoms with E-state index in [0.717, 1.165) is 0 Å². The number of pyridine rings is 1. The van der Waals surface area contributed by atoms with Crippen LogP contribution < -0.4 is 5.73 Å². The van der Waals surface area contributed by atoms with Gasteiger partial charge in [-0.1, -0.05) is 23.2 Å². The molecule has 0 saturated heterocycles. The molecule has 1 aromatic rings. The Morgan fingerprint density at radius 3 is 2.67 bits per heavy atom. The Bertz CT molecular complexity index is 341. The van der Waals surface area contributed by atoms with Gasteiger partial charge in [0.2, 0.25) is 0 Å². The van der Waals surface area contributed by atoms with Crippen LogP contribution in [0.15, 0.2) is 6.07 Å². The normalized spacial score (nSPS) is 9.83. The zero-order valence-corrected chi connectivity index (χ0v) is 7.23. The number of nitrogen functional groups attached to an aromatic ring is 1. The Labute approximate surface area is 77.9 Å². The minimum absolute atomic E-state index is 0.00611. The molecule has 4 nitrogen and oxygen atoms in total. The molecule has 64 valence electrons. The molecule has 0 aliphatic rings. The number of carboxylic acids is 1. The van der Waals surface area contributed by atoms with E-state index in [1.165, 1.54) is 6.07 Å². The second-order valence-corrected chi connectivity index (χ2v) is 2.79. The second-order valence-electron chi connectivity index (χ2n) is 1.99. The van der Waals surface area contributed by atoms with Crippen molar-refractivity contribution >= 4 is 34.9 Å². The smallest absolute Gasteiger partial charge is 0.356 e. The van der Waals surface area contributed by atoms with E-state index in [4.69, 9.17) is 34.0 Å². The van der Waals surface area contributed by atoms with Crippen molar-refractivity contribution in [3.63, 3.8) is 0 Å². The predicted octanol–water partition coefficient (Wildman–Crippen LogP) is 1.67. The average Bonchev–Trinajstić information content (AvgIpc) is 1.96. The predicted molar refractivity (Wildman–Crippen MR) is 45.6 cm³/mol. The first-order valence-corrected chi connectivity index (χ1v) is 3.62. The van der Waals surface area contributed by atoms with Gasteiger partial charge in [0.15, 0.2) is 5.69 Å². The van der Waals surface area contributed by atoms with Crippen LogP contribution in [0.25, 0.3) is 0 Å². The molecule has 0 spiro atoms. The number of halogens is 2. The molecule has 0 amide bonds. The third kappa shape index (κ3) is 1.60. The molecular weight excluding hydrogens is 203 g/mol. The topological polar surface area (TPSA) is 76.2 Å². The van der Waals surface area contributed by atoms with Crippen molar-refractivity contribution in [1.29, 1.82) is 0 Å². The van der Waals surface area contributed by atoms with Crippen molar-refractivity contribution in [3.8, 4) is 0 Å². The largest absolute Gasteiger partial charge is 0.476 e. The highest BCUT2D eigenvalue weighted by Gasteiger charge is 2.13. The van der Waals surface area contributed by atoms with Gasteiger partial charge in [-0.05, 0) is 6.07 Å². The summed E-state index contributed by atoms with van der Waals surface area (Å²) in [6.45, 7) is 0. The molecule has 0 bridgehead atoms. The van der Waals surface area contributed by atoms with Crippen molar-refractivity contribution in [1.82, 2.24) is 4.98 Å². The molecule has 0 aliphatic heterocycles. The summed E-state index contributed by atoms with van der Waals surface area (Å²) in [5, 5.41) is 8.65. The van der Waals surface area contributed by atoms with Crippen molar-refractivity contribution in [2.45, 2.75) is 0 Å². The van der Waals surface area contributed by atoms with Gasteiger partial charge in [0, 0.05) is 0 Å². The monoisotopic (exact) mass is 206 g/mol. The SMILES string of the molecule is Nc1c(Cl)cc(Cl)nc1C(=O)O. The first kappa shape index (κ1) is 9.09. The Morgan fingerprint density at radius 2 is 2.17 bits per heavy atom. The van der Waals surface area contributed by atoms with Crippen LogP contribution in [0.4, 0.5) is 5.69 Å². The maximum absolute atomic E-state index is 10.5. The molecule has 1 heterocycles. The summed E-state index contributed by atoms with van der Waals surface area (Å²) in [5.41, 5.74) is 4.92. The van der Waals surface area contributed by atoms with Crippen LogP contribution in [-0.2, 0) is 0 Å². The summed E-state index contributed by atoms with van der Waals surface area (Å²) in [7, 11) is 0. The molecule has 1 rings (SSSR count). The van der Waals surface area contributed by atoms with Gasteiger partial charge >= 0.3 is 5.97 Å².